The van der Waals surface area contributed by atoms with Gasteiger partial charge in [-0.25, -0.2) is 4.79 Å². The maximum atomic E-state index is 13.1. The Morgan fingerprint density at radius 2 is 1.60 bits per heavy atom. The molecule has 0 unspecified atom stereocenters. The Balaban J connectivity index is 1.42. The van der Waals surface area contributed by atoms with Crippen LogP contribution in [0.15, 0.2) is 48.5 Å². The minimum absolute atomic E-state index is 0.0357. The minimum Gasteiger partial charge on any atom is -0.480 e. The first kappa shape index (κ1) is 24.8. The van der Waals surface area contributed by atoms with Crippen molar-refractivity contribution in [2.24, 2.45) is 5.92 Å². The van der Waals surface area contributed by atoms with Crippen LogP contribution >= 0.6 is 0 Å². The van der Waals surface area contributed by atoms with Crippen LogP contribution in [0.4, 0.5) is 4.79 Å². The number of carbonyl (C=O) groups is 3. The van der Waals surface area contributed by atoms with Crippen LogP contribution in [0, 0.1) is 5.92 Å². The second-order valence-electron chi connectivity index (χ2n) is 10.2. The van der Waals surface area contributed by atoms with Crippen LogP contribution in [0.2, 0.25) is 0 Å². The third kappa shape index (κ3) is 5.66. The first-order valence-electron chi connectivity index (χ1n) is 12.4. The molecule has 0 bridgehead atoms. The van der Waals surface area contributed by atoms with E-state index in [-0.39, 0.29) is 37.3 Å². The highest BCUT2D eigenvalue weighted by Crippen LogP contribution is 2.44. The number of carbonyl (C=O) groups excluding carboxylic acids is 2. The van der Waals surface area contributed by atoms with Crippen molar-refractivity contribution in [3.05, 3.63) is 59.7 Å². The van der Waals surface area contributed by atoms with Crippen LogP contribution < -0.4 is 5.32 Å². The first-order chi connectivity index (χ1) is 16.8. The molecule has 2 aliphatic rings. The van der Waals surface area contributed by atoms with Crippen molar-refractivity contribution in [2.45, 2.75) is 57.4 Å². The highest BCUT2D eigenvalue weighted by molar-refractivity contribution is 5.83. The van der Waals surface area contributed by atoms with E-state index >= 15 is 0 Å². The van der Waals surface area contributed by atoms with E-state index in [0.29, 0.717) is 19.4 Å². The van der Waals surface area contributed by atoms with Gasteiger partial charge in [0.2, 0.25) is 5.91 Å². The van der Waals surface area contributed by atoms with Gasteiger partial charge >= 0.3 is 12.1 Å². The standard InChI is InChI=1S/C28H34N2O5/c1-19(2)16-30(17-26(32)33)25(31)15-28(13-7-8-14-28)29-27(34)35-18-24-22-11-5-3-9-20(22)21-10-4-6-12-23(21)24/h3-6,9-12,19,24H,7-8,13-18H2,1-2H3,(H,29,34)(H,32,33). The molecule has 0 saturated heterocycles. The van der Waals surface area contributed by atoms with Crippen LogP contribution in [0.5, 0.6) is 0 Å². The first-order valence-corrected chi connectivity index (χ1v) is 12.4. The SMILES string of the molecule is CC(C)CN(CC(=O)O)C(=O)CC1(NC(=O)OCC2c3ccccc3-c3ccccc32)CCCC1. The second kappa shape index (κ2) is 10.5. The molecule has 186 valence electrons. The van der Waals surface area contributed by atoms with Crippen LogP contribution in [0.1, 0.15) is 63.0 Å². The van der Waals surface area contributed by atoms with E-state index in [0.717, 1.165) is 24.0 Å². The Bertz CT molecular complexity index is 1040. The number of ether oxygens (including phenoxy) is 1. The van der Waals surface area contributed by atoms with Crippen molar-refractivity contribution in [1.82, 2.24) is 10.2 Å². The number of amides is 2. The average molecular weight is 479 g/mol. The van der Waals surface area contributed by atoms with Crippen molar-refractivity contribution in [3.8, 4) is 11.1 Å². The number of hydrogen-bond acceptors (Lipinski definition) is 4. The fourth-order valence-electron chi connectivity index (χ4n) is 5.51. The van der Waals surface area contributed by atoms with E-state index in [1.165, 1.54) is 16.0 Å². The van der Waals surface area contributed by atoms with Gasteiger partial charge in [0.25, 0.3) is 0 Å². The molecule has 2 aromatic rings. The van der Waals surface area contributed by atoms with Gasteiger partial charge in [0, 0.05) is 12.5 Å². The Hall–Kier alpha value is -3.35. The predicted octanol–water partition coefficient (Wildman–Crippen LogP) is 4.80. The Kier molecular flexibility index (Phi) is 7.43. The lowest BCUT2D eigenvalue weighted by Crippen LogP contribution is -2.51. The molecule has 0 radical (unpaired) electrons. The summed E-state index contributed by atoms with van der Waals surface area (Å²) in [5, 5.41) is 12.2. The molecular weight excluding hydrogens is 444 g/mol. The van der Waals surface area contributed by atoms with Crippen LogP contribution in [-0.4, -0.2) is 53.2 Å². The lowest BCUT2D eigenvalue weighted by molar-refractivity contribution is -0.145. The van der Waals surface area contributed by atoms with E-state index in [1.807, 2.05) is 38.1 Å². The van der Waals surface area contributed by atoms with Gasteiger partial charge in [-0.3, -0.25) is 9.59 Å². The molecule has 4 rings (SSSR count). The van der Waals surface area contributed by atoms with E-state index in [2.05, 4.69) is 29.6 Å². The van der Waals surface area contributed by atoms with Gasteiger partial charge in [0.05, 0.1) is 12.0 Å². The third-order valence-corrected chi connectivity index (χ3v) is 7.03. The number of carboxylic acid groups (broad SMARTS) is 1. The molecule has 35 heavy (non-hydrogen) atoms. The fourth-order valence-corrected chi connectivity index (χ4v) is 5.51. The number of fused-ring (bicyclic) bond motifs is 3. The second-order valence-corrected chi connectivity index (χ2v) is 10.2. The van der Waals surface area contributed by atoms with Crippen molar-refractivity contribution in [3.63, 3.8) is 0 Å². The Labute approximate surface area is 206 Å². The van der Waals surface area contributed by atoms with Gasteiger partial charge in [-0.2, -0.15) is 0 Å². The number of carboxylic acids is 1. The van der Waals surface area contributed by atoms with E-state index in [9.17, 15) is 19.5 Å². The topological polar surface area (TPSA) is 95.9 Å². The van der Waals surface area contributed by atoms with Gasteiger partial charge in [0.15, 0.2) is 0 Å². The molecule has 1 fully saturated rings. The van der Waals surface area contributed by atoms with Crippen LogP contribution in [0.3, 0.4) is 0 Å². The summed E-state index contributed by atoms with van der Waals surface area (Å²) in [4.78, 5) is 38.7. The predicted molar refractivity (Wildman–Crippen MR) is 133 cm³/mol. The molecule has 7 heteroatoms. The lowest BCUT2D eigenvalue weighted by atomic mass is 9.92. The molecule has 0 aliphatic heterocycles. The number of aliphatic carboxylic acids is 1. The largest absolute Gasteiger partial charge is 0.480 e. The number of hydrogen-bond donors (Lipinski definition) is 2. The number of nitrogens with one attached hydrogen (secondary N) is 1. The van der Waals surface area contributed by atoms with Gasteiger partial charge in [0.1, 0.15) is 13.2 Å². The molecule has 0 heterocycles. The molecule has 2 aromatic carbocycles. The van der Waals surface area contributed by atoms with E-state index in [1.54, 1.807) is 0 Å². The van der Waals surface area contributed by atoms with Gasteiger partial charge in [-0.15, -0.1) is 0 Å². The van der Waals surface area contributed by atoms with E-state index in [4.69, 9.17) is 4.74 Å². The molecule has 0 spiro atoms. The normalized spacial score (nSPS) is 16.0. The smallest absolute Gasteiger partial charge is 0.407 e. The lowest BCUT2D eigenvalue weighted by Gasteiger charge is -2.32. The summed E-state index contributed by atoms with van der Waals surface area (Å²) >= 11 is 0. The Morgan fingerprint density at radius 3 is 2.14 bits per heavy atom. The average Bonchev–Trinajstić information content (AvgIpc) is 3.39. The summed E-state index contributed by atoms with van der Waals surface area (Å²) in [5.74, 6) is -1.18. The zero-order valence-electron chi connectivity index (χ0n) is 20.5. The van der Waals surface area contributed by atoms with Crippen molar-refractivity contribution >= 4 is 18.0 Å². The summed E-state index contributed by atoms with van der Waals surface area (Å²) in [7, 11) is 0. The monoisotopic (exact) mass is 478 g/mol. The summed E-state index contributed by atoms with van der Waals surface area (Å²) in [6.07, 6.45) is 2.70. The van der Waals surface area contributed by atoms with E-state index < -0.39 is 17.6 Å². The van der Waals surface area contributed by atoms with Crippen LogP contribution in [-0.2, 0) is 14.3 Å². The number of rotatable bonds is 9. The maximum absolute atomic E-state index is 13.1. The molecular formula is C28H34N2O5. The zero-order valence-corrected chi connectivity index (χ0v) is 20.5. The fraction of sp³-hybridized carbons (Fsp3) is 0.464. The van der Waals surface area contributed by atoms with Crippen molar-refractivity contribution < 1.29 is 24.2 Å². The van der Waals surface area contributed by atoms with Crippen molar-refractivity contribution in [2.75, 3.05) is 19.7 Å². The van der Waals surface area contributed by atoms with Gasteiger partial charge in [-0.1, -0.05) is 75.2 Å². The molecule has 2 amide bonds. The number of benzene rings is 2. The summed E-state index contributed by atoms with van der Waals surface area (Å²) in [5.41, 5.74) is 3.92. The molecule has 2 N–H and O–H groups in total. The van der Waals surface area contributed by atoms with Gasteiger partial charge < -0.3 is 20.1 Å². The summed E-state index contributed by atoms with van der Waals surface area (Å²) in [6, 6.07) is 16.3. The van der Waals surface area contributed by atoms with Crippen LogP contribution in [0.25, 0.3) is 11.1 Å². The Morgan fingerprint density at radius 1 is 1.03 bits per heavy atom. The molecule has 2 aliphatic carbocycles. The third-order valence-electron chi connectivity index (χ3n) is 7.03. The molecule has 7 nitrogen and oxygen atoms in total. The summed E-state index contributed by atoms with van der Waals surface area (Å²) < 4.78 is 5.73. The molecule has 1 saturated carbocycles. The molecule has 0 aromatic heterocycles. The van der Waals surface area contributed by atoms with Gasteiger partial charge in [-0.05, 0) is 41.0 Å². The summed E-state index contributed by atoms with van der Waals surface area (Å²) in [6.45, 7) is 4.14. The zero-order chi connectivity index (χ0) is 25.0. The highest BCUT2D eigenvalue weighted by Gasteiger charge is 2.40. The van der Waals surface area contributed by atoms with Crippen molar-refractivity contribution in [1.29, 1.82) is 0 Å². The highest BCUT2D eigenvalue weighted by atomic mass is 16.5. The quantitative estimate of drug-likeness (QED) is 0.540. The number of alkyl carbamates (subject to hydrolysis) is 1. The number of nitrogens with zero attached hydrogens (tertiary/aromatic N) is 1. The minimum atomic E-state index is -1.04. The molecule has 0 atom stereocenters. The maximum Gasteiger partial charge on any atom is 0.407 e.